The molecule has 3 N–H and O–H groups in total. The van der Waals surface area contributed by atoms with Crippen LogP contribution in [0.25, 0.3) is 0 Å². The zero-order chi connectivity index (χ0) is 12.1. The van der Waals surface area contributed by atoms with Crippen molar-refractivity contribution in [3.63, 3.8) is 0 Å². The van der Waals surface area contributed by atoms with Crippen molar-refractivity contribution in [2.45, 2.75) is 19.8 Å². The first-order valence-corrected chi connectivity index (χ1v) is 5.03. The number of aliphatic hydroxyl groups excluding tert-OH is 1. The Hall–Kier alpha value is -1.12. The largest absolute Gasteiger partial charge is 0.400 e. The van der Waals surface area contributed by atoms with Crippen molar-refractivity contribution in [2.75, 3.05) is 13.7 Å². The molecule has 1 aromatic carbocycles. The third-order valence-electron chi connectivity index (χ3n) is 1.72. The van der Waals surface area contributed by atoms with E-state index in [0.717, 1.165) is 13.7 Å². The van der Waals surface area contributed by atoms with Crippen LogP contribution in [0, 0.1) is 0 Å². The van der Waals surface area contributed by atoms with Gasteiger partial charge in [-0.15, -0.1) is 6.58 Å². The maximum atomic E-state index is 7.00. The predicted octanol–water partition coefficient (Wildman–Crippen LogP) is 2.55. The van der Waals surface area contributed by atoms with E-state index in [1.165, 1.54) is 5.56 Å². The van der Waals surface area contributed by atoms with E-state index < -0.39 is 0 Å². The number of benzene rings is 1. The fraction of sp³-hybridized carbons (Fsp3) is 0.385. The number of nitrogens with two attached hydrogens (primary N) is 1. The van der Waals surface area contributed by atoms with Gasteiger partial charge in [0.2, 0.25) is 0 Å². The molecule has 0 radical (unpaired) electrons. The highest BCUT2D eigenvalue weighted by atomic mass is 16.2. The first-order chi connectivity index (χ1) is 7.26. The second-order valence-corrected chi connectivity index (χ2v) is 2.96. The summed E-state index contributed by atoms with van der Waals surface area (Å²) in [6, 6.07) is 10.3. The minimum absolute atomic E-state index is 0.487. The van der Waals surface area contributed by atoms with Gasteiger partial charge in [0.25, 0.3) is 0 Å². The highest BCUT2D eigenvalue weighted by Crippen LogP contribution is 2.11. The second kappa shape index (κ2) is 12.9. The fourth-order valence-electron chi connectivity index (χ4n) is 0.918. The maximum Gasteiger partial charge on any atom is 0.0319 e. The molecule has 2 nitrogen and oxygen atoms in total. The Kier molecular flexibility index (Phi) is 14.0. The third-order valence-corrected chi connectivity index (χ3v) is 1.72. The van der Waals surface area contributed by atoms with E-state index in [0.29, 0.717) is 5.92 Å². The Morgan fingerprint density at radius 2 is 1.73 bits per heavy atom. The van der Waals surface area contributed by atoms with Gasteiger partial charge in [-0.3, -0.25) is 0 Å². The molecule has 86 valence electrons. The lowest BCUT2D eigenvalue weighted by Gasteiger charge is -2.06. The van der Waals surface area contributed by atoms with Crippen molar-refractivity contribution in [2.24, 2.45) is 5.73 Å². The quantitative estimate of drug-likeness (QED) is 0.735. The summed E-state index contributed by atoms with van der Waals surface area (Å²) in [5.74, 6) is 0.487. The zero-order valence-corrected chi connectivity index (χ0v) is 9.98. The smallest absolute Gasteiger partial charge is 0.0319 e. The SMILES string of the molecule is C=CC.CC(CN)c1ccccc1.CO. The van der Waals surface area contributed by atoms with Crippen molar-refractivity contribution in [1.82, 2.24) is 0 Å². The average Bonchev–Trinajstić information content (AvgIpc) is 2.33. The van der Waals surface area contributed by atoms with Gasteiger partial charge in [-0.2, -0.15) is 0 Å². The van der Waals surface area contributed by atoms with Gasteiger partial charge in [0.05, 0.1) is 0 Å². The first kappa shape index (κ1) is 16.3. The van der Waals surface area contributed by atoms with Crippen LogP contribution in [0.3, 0.4) is 0 Å². The minimum atomic E-state index is 0.487. The zero-order valence-electron chi connectivity index (χ0n) is 9.98. The van der Waals surface area contributed by atoms with Crippen LogP contribution in [0.4, 0.5) is 0 Å². The van der Waals surface area contributed by atoms with Gasteiger partial charge in [0.15, 0.2) is 0 Å². The summed E-state index contributed by atoms with van der Waals surface area (Å²) >= 11 is 0. The topological polar surface area (TPSA) is 46.2 Å². The van der Waals surface area contributed by atoms with Crippen LogP contribution < -0.4 is 5.73 Å². The van der Waals surface area contributed by atoms with Gasteiger partial charge >= 0.3 is 0 Å². The summed E-state index contributed by atoms with van der Waals surface area (Å²) in [6.07, 6.45) is 1.75. The molecule has 1 atom stereocenters. The number of rotatable bonds is 2. The molecule has 0 fully saturated rings. The van der Waals surface area contributed by atoms with E-state index in [1.807, 2.05) is 25.1 Å². The monoisotopic (exact) mass is 209 g/mol. The van der Waals surface area contributed by atoms with Gasteiger partial charge in [-0.1, -0.05) is 43.3 Å². The van der Waals surface area contributed by atoms with Crippen LogP contribution in [0.1, 0.15) is 25.3 Å². The van der Waals surface area contributed by atoms with Gasteiger partial charge in [-0.25, -0.2) is 0 Å². The number of hydrogen-bond donors (Lipinski definition) is 2. The van der Waals surface area contributed by atoms with Crippen LogP contribution in [0.2, 0.25) is 0 Å². The molecule has 0 aliphatic heterocycles. The molecule has 15 heavy (non-hydrogen) atoms. The average molecular weight is 209 g/mol. The van der Waals surface area contributed by atoms with Crippen molar-refractivity contribution >= 4 is 0 Å². The molecule has 0 bridgehead atoms. The Morgan fingerprint density at radius 3 is 2.07 bits per heavy atom. The molecule has 1 aromatic rings. The molecule has 0 aliphatic carbocycles. The molecule has 0 saturated heterocycles. The maximum absolute atomic E-state index is 7.00. The van der Waals surface area contributed by atoms with Crippen LogP contribution >= 0.6 is 0 Å². The lowest BCUT2D eigenvalue weighted by Crippen LogP contribution is -2.08. The summed E-state index contributed by atoms with van der Waals surface area (Å²) < 4.78 is 0. The second-order valence-electron chi connectivity index (χ2n) is 2.96. The highest BCUT2D eigenvalue weighted by Gasteiger charge is 1.99. The fourth-order valence-corrected chi connectivity index (χ4v) is 0.918. The summed E-state index contributed by atoms with van der Waals surface area (Å²) in [4.78, 5) is 0. The molecule has 0 aliphatic rings. The van der Waals surface area contributed by atoms with E-state index in [1.54, 1.807) is 6.08 Å². The Bertz CT molecular complexity index is 221. The molecule has 0 spiro atoms. The Balaban J connectivity index is 0. The first-order valence-electron chi connectivity index (χ1n) is 5.03. The van der Waals surface area contributed by atoms with Crippen LogP contribution in [-0.2, 0) is 0 Å². The van der Waals surface area contributed by atoms with Crippen molar-refractivity contribution < 1.29 is 5.11 Å². The van der Waals surface area contributed by atoms with E-state index >= 15 is 0 Å². The van der Waals surface area contributed by atoms with E-state index in [9.17, 15) is 0 Å². The molecule has 2 heteroatoms. The number of aliphatic hydroxyl groups is 1. The van der Waals surface area contributed by atoms with Crippen LogP contribution in [-0.4, -0.2) is 18.8 Å². The van der Waals surface area contributed by atoms with E-state index in [2.05, 4.69) is 25.6 Å². The molecule has 0 saturated carbocycles. The normalized spacial score (nSPS) is 9.93. The number of allylic oxidation sites excluding steroid dienone is 1. The van der Waals surface area contributed by atoms with Crippen LogP contribution in [0.5, 0.6) is 0 Å². The summed E-state index contributed by atoms with van der Waals surface area (Å²) in [7, 11) is 1.00. The third kappa shape index (κ3) is 9.19. The van der Waals surface area contributed by atoms with Crippen molar-refractivity contribution in [3.05, 3.63) is 48.6 Å². The van der Waals surface area contributed by atoms with E-state index in [-0.39, 0.29) is 0 Å². The Morgan fingerprint density at radius 1 is 1.33 bits per heavy atom. The number of hydrogen-bond acceptors (Lipinski definition) is 2. The lowest BCUT2D eigenvalue weighted by atomic mass is 10.0. The van der Waals surface area contributed by atoms with E-state index in [4.69, 9.17) is 10.8 Å². The summed E-state index contributed by atoms with van der Waals surface area (Å²) in [5, 5.41) is 7.00. The molecule has 0 aromatic heterocycles. The molecule has 0 heterocycles. The van der Waals surface area contributed by atoms with Gasteiger partial charge in [0.1, 0.15) is 0 Å². The van der Waals surface area contributed by atoms with Crippen molar-refractivity contribution in [1.29, 1.82) is 0 Å². The standard InChI is InChI=1S/C9H13N.C3H6.CH4O/c1-8(7-10)9-5-3-2-4-6-9;1-3-2;1-2/h2-6,8H,7,10H2,1H3;3H,1H2,2H3;2H,1H3. The van der Waals surface area contributed by atoms with Gasteiger partial charge < -0.3 is 10.8 Å². The van der Waals surface area contributed by atoms with Crippen LogP contribution in [0.15, 0.2) is 43.0 Å². The van der Waals surface area contributed by atoms with Crippen molar-refractivity contribution in [3.8, 4) is 0 Å². The molecule has 0 amide bonds. The predicted molar refractivity (Wildman–Crippen MR) is 67.9 cm³/mol. The lowest BCUT2D eigenvalue weighted by molar-refractivity contribution is 0.399. The van der Waals surface area contributed by atoms with Gasteiger partial charge in [0, 0.05) is 7.11 Å². The molecular weight excluding hydrogens is 186 g/mol. The molecular formula is C13H23NO. The van der Waals surface area contributed by atoms with Gasteiger partial charge in [-0.05, 0) is 24.9 Å². The summed E-state index contributed by atoms with van der Waals surface area (Å²) in [6.45, 7) is 8.11. The minimum Gasteiger partial charge on any atom is -0.400 e. The highest BCUT2D eigenvalue weighted by molar-refractivity contribution is 5.18. The molecule has 1 unspecified atom stereocenters. The summed E-state index contributed by atoms with van der Waals surface area (Å²) in [5.41, 5.74) is 6.83. The molecule has 1 rings (SSSR count). The Labute approximate surface area is 93.4 Å².